The molecule has 2 unspecified atom stereocenters. The smallest absolute Gasteiger partial charge is 0.406 e. The molecule has 2 rings (SSSR count). The SMILES string of the molecule is CN1CCOC(C(N)c2cccc(OC(F)(F)F)c2)C1. The van der Waals surface area contributed by atoms with Gasteiger partial charge in [0.25, 0.3) is 0 Å². The highest BCUT2D eigenvalue weighted by molar-refractivity contribution is 5.31. The molecule has 1 aromatic carbocycles. The van der Waals surface area contributed by atoms with Gasteiger partial charge < -0.3 is 20.1 Å². The minimum atomic E-state index is -4.70. The number of rotatable bonds is 3. The van der Waals surface area contributed by atoms with Gasteiger partial charge in [-0.05, 0) is 24.7 Å². The molecule has 1 heterocycles. The second kappa shape index (κ2) is 5.99. The standard InChI is InChI=1S/C13H17F3N2O2/c1-18-5-6-19-11(8-18)12(17)9-3-2-4-10(7-9)20-13(14,15)16/h2-4,7,11-12H,5-6,8,17H2,1H3. The van der Waals surface area contributed by atoms with Crippen LogP contribution in [0.25, 0.3) is 0 Å². The molecule has 1 fully saturated rings. The molecule has 0 radical (unpaired) electrons. The van der Waals surface area contributed by atoms with Gasteiger partial charge in [0.2, 0.25) is 0 Å². The molecule has 1 saturated heterocycles. The van der Waals surface area contributed by atoms with Crippen molar-refractivity contribution in [2.24, 2.45) is 5.73 Å². The normalized spacial score (nSPS) is 22.6. The van der Waals surface area contributed by atoms with Crippen LogP contribution in [-0.4, -0.2) is 44.1 Å². The molecule has 2 atom stereocenters. The van der Waals surface area contributed by atoms with E-state index >= 15 is 0 Å². The Morgan fingerprint density at radius 2 is 2.20 bits per heavy atom. The van der Waals surface area contributed by atoms with E-state index in [1.54, 1.807) is 6.07 Å². The predicted octanol–water partition coefficient (Wildman–Crippen LogP) is 1.92. The van der Waals surface area contributed by atoms with Crippen molar-refractivity contribution in [2.75, 3.05) is 26.7 Å². The fourth-order valence-electron chi connectivity index (χ4n) is 2.16. The van der Waals surface area contributed by atoms with Crippen molar-refractivity contribution in [1.29, 1.82) is 0 Å². The topological polar surface area (TPSA) is 47.7 Å². The molecular weight excluding hydrogens is 273 g/mol. The van der Waals surface area contributed by atoms with Crippen LogP contribution in [0.15, 0.2) is 24.3 Å². The van der Waals surface area contributed by atoms with E-state index in [1.807, 2.05) is 7.05 Å². The van der Waals surface area contributed by atoms with Crippen molar-refractivity contribution >= 4 is 0 Å². The molecule has 0 amide bonds. The van der Waals surface area contributed by atoms with E-state index in [-0.39, 0.29) is 11.9 Å². The van der Waals surface area contributed by atoms with Crippen molar-refractivity contribution < 1.29 is 22.6 Å². The number of nitrogens with two attached hydrogens (primary N) is 1. The average Bonchev–Trinajstić information content (AvgIpc) is 2.36. The summed E-state index contributed by atoms with van der Waals surface area (Å²) in [5, 5.41) is 0. The molecule has 7 heteroatoms. The second-order valence-electron chi connectivity index (χ2n) is 4.82. The number of hydrogen-bond donors (Lipinski definition) is 1. The largest absolute Gasteiger partial charge is 0.573 e. The molecule has 0 saturated carbocycles. The van der Waals surface area contributed by atoms with E-state index in [2.05, 4.69) is 9.64 Å². The van der Waals surface area contributed by atoms with Gasteiger partial charge in [-0.2, -0.15) is 0 Å². The summed E-state index contributed by atoms with van der Waals surface area (Å²) in [6, 6.07) is 5.22. The highest BCUT2D eigenvalue weighted by Crippen LogP contribution is 2.27. The van der Waals surface area contributed by atoms with Crippen LogP contribution in [0.1, 0.15) is 11.6 Å². The summed E-state index contributed by atoms with van der Waals surface area (Å²) in [6.45, 7) is 2.03. The monoisotopic (exact) mass is 290 g/mol. The Bertz CT molecular complexity index is 453. The fraction of sp³-hybridized carbons (Fsp3) is 0.538. The minimum Gasteiger partial charge on any atom is -0.406 e. The lowest BCUT2D eigenvalue weighted by molar-refractivity contribution is -0.274. The first-order valence-corrected chi connectivity index (χ1v) is 6.26. The number of morpholine rings is 1. The zero-order valence-electron chi connectivity index (χ0n) is 11.1. The molecule has 1 aromatic rings. The highest BCUT2D eigenvalue weighted by atomic mass is 19.4. The third-order valence-electron chi connectivity index (χ3n) is 3.17. The van der Waals surface area contributed by atoms with Crippen LogP contribution in [0.2, 0.25) is 0 Å². The second-order valence-corrected chi connectivity index (χ2v) is 4.82. The van der Waals surface area contributed by atoms with Gasteiger partial charge in [-0.3, -0.25) is 0 Å². The summed E-state index contributed by atoms with van der Waals surface area (Å²) < 4.78 is 46.1. The Hall–Kier alpha value is -1.31. The molecule has 20 heavy (non-hydrogen) atoms. The van der Waals surface area contributed by atoms with Crippen LogP contribution in [0.5, 0.6) is 5.75 Å². The van der Waals surface area contributed by atoms with Crippen molar-refractivity contribution in [3.8, 4) is 5.75 Å². The van der Waals surface area contributed by atoms with E-state index < -0.39 is 12.4 Å². The number of ether oxygens (including phenoxy) is 2. The minimum absolute atomic E-state index is 0.241. The van der Waals surface area contributed by atoms with Crippen molar-refractivity contribution in [3.05, 3.63) is 29.8 Å². The van der Waals surface area contributed by atoms with Crippen LogP contribution in [0.4, 0.5) is 13.2 Å². The van der Waals surface area contributed by atoms with Gasteiger partial charge in [-0.1, -0.05) is 12.1 Å². The third kappa shape index (κ3) is 4.09. The first kappa shape index (κ1) is 15.1. The van der Waals surface area contributed by atoms with Gasteiger partial charge in [-0.15, -0.1) is 13.2 Å². The maximum atomic E-state index is 12.2. The molecule has 1 aliphatic rings. The number of likely N-dealkylation sites (N-methyl/N-ethyl adjacent to an activating group) is 1. The number of hydrogen-bond acceptors (Lipinski definition) is 4. The van der Waals surface area contributed by atoms with E-state index in [1.165, 1.54) is 18.2 Å². The van der Waals surface area contributed by atoms with Gasteiger partial charge in [-0.25, -0.2) is 0 Å². The van der Waals surface area contributed by atoms with E-state index in [4.69, 9.17) is 10.5 Å². The van der Waals surface area contributed by atoms with Gasteiger partial charge in [0.05, 0.1) is 18.8 Å². The Morgan fingerprint density at radius 3 is 2.85 bits per heavy atom. The summed E-state index contributed by atoms with van der Waals surface area (Å²) in [5.74, 6) is -0.269. The van der Waals surface area contributed by atoms with E-state index in [9.17, 15) is 13.2 Å². The highest BCUT2D eigenvalue weighted by Gasteiger charge is 2.31. The van der Waals surface area contributed by atoms with Crippen LogP contribution >= 0.6 is 0 Å². The first-order chi connectivity index (χ1) is 9.35. The quantitative estimate of drug-likeness (QED) is 0.924. The molecule has 112 valence electrons. The summed E-state index contributed by atoms with van der Waals surface area (Å²) in [5.41, 5.74) is 6.64. The molecule has 0 bridgehead atoms. The lowest BCUT2D eigenvalue weighted by Gasteiger charge is -2.33. The lowest BCUT2D eigenvalue weighted by atomic mass is 10.0. The summed E-state index contributed by atoms with van der Waals surface area (Å²) >= 11 is 0. The molecule has 0 spiro atoms. The predicted molar refractivity (Wildman–Crippen MR) is 67.3 cm³/mol. The third-order valence-corrected chi connectivity index (χ3v) is 3.17. The average molecular weight is 290 g/mol. The molecule has 1 aliphatic heterocycles. The van der Waals surface area contributed by atoms with Gasteiger partial charge in [0, 0.05) is 13.1 Å². The maximum absolute atomic E-state index is 12.2. The van der Waals surface area contributed by atoms with E-state index in [0.29, 0.717) is 18.7 Å². The van der Waals surface area contributed by atoms with Crippen LogP contribution in [-0.2, 0) is 4.74 Å². The molecule has 2 N–H and O–H groups in total. The number of benzene rings is 1. The van der Waals surface area contributed by atoms with E-state index in [0.717, 1.165) is 6.54 Å². The number of alkyl halides is 3. The number of halogens is 3. The zero-order valence-corrected chi connectivity index (χ0v) is 11.1. The van der Waals surface area contributed by atoms with Crippen molar-refractivity contribution in [3.63, 3.8) is 0 Å². The molecular formula is C13H17F3N2O2. The first-order valence-electron chi connectivity index (χ1n) is 6.26. The van der Waals surface area contributed by atoms with Crippen LogP contribution < -0.4 is 10.5 Å². The van der Waals surface area contributed by atoms with Gasteiger partial charge in [0.1, 0.15) is 5.75 Å². The Morgan fingerprint density at radius 1 is 1.45 bits per heavy atom. The lowest BCUT2D eigenvalue weighted by Crippen LogP contribution is -2.45. The maximum Gasteiger partial charge on any atom is 0.573 e. The van der Waals surface area contributed by atoms with Crippen LogP contribution in [0, 0.1) is 0 Å². The Balaban J connectivity index is 2.09. The van der Waals surface area contributed by atoms with Crippen LogP contribution in [0.3, 0.4) is 0 Å². The number of nitrogens with zero attached hydrogens (tertiary/aromatic N) is 1. The Labute approximate surface area is 115 Å². The van der Waals surface area contributed by atoms with Crippen molar-refractivity contribution in [1.82, 2.24) is 4.90 Å². The molecule has 0 aliphatic carbocycles. The summed E-state index contributed by atoms with van der Waals surface area (Å²) in [4.78, 5) is 2.07. The van der Waals surface area contributed by atoms with Crippen molar-refractivity contribution in [2.45, 2.75) is 18.5 Å². The molecule has 4 nitrogen and oxygen atoms in total. The Kier molecular flexibility index (Phi) is 4.52. The summed E-state index contributed by atoms with van der Waals surface area (Å²) in [6.07, 6.45) is -4.94. The molecule has 0 aromatic heterocycles. The van der Waals surface area contributed by atoms with Gasteiger partial charge >= 0.3 is 6.36 Å². The fourth-order valence-corrected chi connectivity index (χ4v) is 2.16. The zero-order chi connectivity index (χ0) is 14.8. The van der Waals surface area contributed by atoms with Gasteiger partial charge in [0.15, 0.2) is 0 Å². The summed E-state index contributed by atoms with van der Waals surface area (Å²) in [7, 11) is 1.95.